The predicted octanol–water partition coefficient (Wildman–Crippen LogP) is -0.406. The van der Waals surface area contributed by atoms with Crippen LogP contribution < -0.4 is 26.3 Å². The highest BCUT2D eigenvalue weighted by Gasteiger charge is 2.41. The average Bonchev–Trinajstić information content (AvgIpc) is 3.79. The monoisotopic (exact) mass is 655 g/mol. The Bertz CT molecular complexity index is 1720. The number of hydrogen-bond acceptors (Lipinski definition) is 9. The lowest BCUT2D eigenvalue weighted by Gasteiger charge is -2.25. The minimum atomic E-state index is -1.16. The maximum atomic E-state index is 13.9. The Morgan fingerprint density at radius 2 is 1.56 bits per heavy atom. The van der Waals surface area contributed by atoms with E-state index >= 15 is 0 Å². The van der Waals surface area contributed by atoms with Gasteiger partial charge in [0.05, 0.1) is 26.7 Å². The molecule has 0 aliphatic carbocycles. The van der Waals surface area contributed by atoms with Gasteiger partial charge in [-0.25, -0.2) is 0 Å². The predicted molar refractivity (Wildman–Crippen MR) is 174 cm³/mol. The van der Waals surface area contributed by atoms with Gasteiger partial charge in [0.2, 0.25) is 5.91 Å². The number of rotatable bonds is 11. The van der Waals surface area contributed by atoms with Crippen LogP contribution in [-0.4, -0.2) is 90.3 Å². The van der Waals surface area contributed by atoms with E-state index in [-0.39, 0.29) is 44.7 Å². The summed E-state index contributed by atoms with van der Waals surface area (Å²) in [5.74, 6) is -2.15. The summed E-state index contributed by atoms with van der Waals surface area (Å²) >= 11 is 0. The van der Waals surface area contributed by atoms with Crippen molar-refractivity contribution in [3.8, 4) is 5.75 Å². The number of likely N-dealkylation sites (tertiary alicyclic amines) is 1. The van der Waals surface area contributed by atoms with Crippen LogP contribution in [0.3, 0.4) is 0 Å². The first-order chi connectivity index (χ1) is 23.1. The molecule has 248 valence electrons. The van der Waals surface area contributed by atoms with Gasteiger partial charge < -0.3 is 44.7 Å². The van der Waals surface area contributed by atoms with Crippen molar-refractivity contribution in [2.24, 2.45) is 5.92 Å². The Kier molecular flexibility index (Phi) is 9.83. The summed E-state index contributed by atoms with van der Waals surface area (Å²) in [7, 11) is -0.724. The van der Waals surface area contributed by atoms with E-state index in [9.17, 15) is 34.3 Å². The van der Waals surface area contributed by atoms with E-state index in [4.69, 9.17) is 14.0 Å². The molecule has 1 fully saturated rings. The van der Waals surface area contributed by atoms with E-state index < -0.39 is 55.9 Å². The standard InChI is InChI=1S/C33H35B2N3O10/c1-46-26-8-2-19(3-9-26)10-20(11-30(39)40)15-36-32(42)29-14-25(37-31(41)21-4-6-23-17-47-34(44)27(23)12-21)16-38(29)33(43)22-5-7-24-18-48-35(45)28(24)13-22/h2-9,12-13,20,25,29,44-45H,10-11,14-18H2,1H3,(H,36,42)(H,37,41)(H,39,40)/t20-,25?,29-/m0/s1. The van der Waals surface area contributed by atoms with Gasteiger partial charge in [0.25, 0.3) is 11.8 Å². The Labute approximate surface area is 277 Å². The van der Waals surface area contributed by atoms with E-state index in [1.54, 1.807) is 55.6 Å². The zero-order valence-corrected chi connectivity index (χ0v) is 26.3. The Hall–Kier alpha value is -4.69. The maximum Gasteiger partial charge on any atom is 0.491 e. The molecule has 48 heavy (non-hydrogen) atoms. The van der Waals surface area contributed by atoms with Gasteiger partial charge in [-0.15, -0.1) is 0 Å². The van der Waals surface area contributed by atoms with E-state index in [1.807, 2.05) is 12.1 Å². The number of carboxylic acid groups (broad SMARTS) is 1. The minimum absolute atomic E-state index is 0.0277. The number of methoxy groups -OCH3 is 1. The number of amides is 3. The lowest BCUT2D eigenvalue weighted by atomic mass is 9.78. The highest BCUT2D eigenvalue weighted by molar-refractivity contribution is 6.62. The summed E-state index contributed by atoms with van der Waals surface area (Å²) < 4.78 is 15.7. The van der Waals surface area contributed by atoms with Crippen molar-refractivity contribution in [2.45, 2.75) is 44.6 Å². The third-order valence-corrected chi connectivity index (χ3v) is 9.04. The number of nitrogens with one attached hydrogen (secondary N) is 2. The summed E-state index contributed by atoms with van der Waals surface area (Å²) in [5.41, 5.74) is 3.95. The van der Waals surface area contributed by atoms with Gasteiger partial charge in [0.15, 0.2) is 0 Å². The second kappa shape index (κ2) is 14.2. The zero-order chi connectivity index (χ0) is 33.9. The fourth-order valence-corrected chi connectivity index (χ4v) is 6.47. The summed E-state index contributed by atoms with van der Waals surface area (Å²) in [6, 6.07) is 15.4. The molecule has 15 heteroatoms. The first-order valence-corrected chi connectivity index (χ1v) is 15.7. The number of fused-ring (bicyclic) bond motifs is 2. The summed E-state index contributed by atoms with van der Waals surface area (Å²) in [4.78, 5) is 54.0. The van der Waals surface area contributed by atoms with Crippen molar-refractivity contribution in [1.82, 2.24) is 15.5 Å². The Morgan fingerprint density at radius 1 is 0.938 bits per heavy atom. The molecule has 0 spiro atoms. The van der Waals surface area contributed by atoms with Gasteiger partial charge in [-0.1, -0.05) is 24.3 Å². The van der Waals surface area contributed by atoms with Gasteiger partial charge in [-0.3, -0.25) is 19.2 Å². The van der Waals surface area contributed by atoms with Gasteiger partial charge in [-0.2, -0.15) is 0 Å². The SMILES string of the molecule is COc1ccc(C[C@H](CNC(=O)[C@@H]2CC(NC(=O)c3ccc4c(c3)B(O)OC4)CN2C(=O)c2ccc3c(c2)B(O)OC3)CC(=O)O)cc1. The van der Waals surface area contributed by atoms with E-state index in [0.717, 1.165) is 16.7 Å². The molecule has 3 heterocycles. The highest BCUT2D eigenvalue weighted by Crippen LogP contribution is 2.24. The second-order valence-electron chi connectivity index (χ2n) is 12.3. The number of hydrogen-bond donors (Lipinski definition) is 5. The molecule has 13 nitrogen and oxygen atoms in total. The van der Waals surface area contributed by atoms with Crippen molar-refractivity contribution >= 4 is 48.9 Å². The quantitative estimate of drug-likeness (QED) is 0.170. The maximum absolute atomic E-state index is 13.9. The molecular formula is C33H35B2N3O10. The van der Waals surface area contributed by atoms with Crippen LogP contribution in [0, 0.1) is 5.92 Å². The molecule has 3 aliphatic rings. The molecule has 0 aromatic heterocycles. The molecule has 3 aromatic rings. The number of carbonyl (C=O) groups excluding carboxylic acids is 3. The molecule has 3 aliphatic heterocycles. The number of ether oxygens (including phenoxy) is 1. The highest BCUT2D eigenvalue weighted by atomic mass is 16.5. The van der Waals surface area contributed by atoms with Crippen LogP contribution in [0.5, 0.6) is 5.75 Å². The summed E-state index contributed by atoms with van der Waals surface area (Å²) in [6.45, 7) is 0.538. The first-order valence-electron chi connectivity index (χ1n) is 15.7. The third kappa shape index (κ3) is 7.24. The molecule has 0 saturated carbocycles. The van der Waals surface area contributed by atoms with Crippen molar-refractivity contribution in [3.05, 3.63) is 88.5 Å². The Morgan fingerprint density at radius 3 is 2.19 bits per heavy atom. The zero-order valence-electron chi connectivity index (χ0n) is 26.3. The van der Waals surface area contributed by atoms with Crippen molar-refractivity contribution in [2.75, 3.05) is 20.2 Å². The van der Waals surface area contributed by atoms with E-state index in [0.29, 0.717) is 28.7 Å². The van der Waals surface area contributed by atoms with Crippen LogP contribution in [0.1, 0.15) is 50.2 Å². The van der Waals surface area contributed by atoms with Crippen LogP contribution in [-0.2, 0) is 38.5 Å². The van der Waals surface area contributed by atoms with Crippen LogP contribution >= 0.6 is 0 Å². The first kappa shape index (κ1) is 33.2. The molecule has 1 unspecified atom stereocenters. The van der Waals surface area contributed by atoms with Gasteiger partial charge in [0, 0.05) is 30.3 Å². The fraction of sp³-hybridized carbons (Fsp3) is 0.333. The fourth-order valence-electron chi connectivity index (χ4n) is 6.47. The minimum Gasteiger partial charge on any atom is -0.497 e. The molecule has 0 radical (unpaired) electrons. The van der Waals surface area contributed by atoms with Gasteiger partial charge in [-0.05, 0) is 82.8 Å². The molecule has 6 rings (SSSR count). The topological polar surface area (TPSA) is 184 Å². The van der Waals surface area contributed by atoms with E-state index in [1.165, 1.54) is 4.90 Å². The Balaban J connectivity index is 1.19. The van der Waals surface area contributed by atoms with Crippen LogP contribution in [0.15, 0.2) is 60.7 Å². The normalized spacial score (nSPS) is 18.7. The molecule has 5 N–H and O–H groups in total. The molecule has 3 atom stereocenters. The molecule has 3 aromatic carbocycles. The lowest BCUT2D eigenvalue weighted by molar-refractivity contribution is -0.138. The van der Waals surface area contributed by atoms with Gasteiger partial charge in [0.1, 0.15) is 11.8 Å². The number of carbonyl (C=O) groups is 4. The number of carboxylic acids is 1. The number of benzene rings is 3. The summed E-state index contributed by atoms with van der Waals surface area (Å²) in [5, 5.41) is 35.6. The van der Waals surface area contributed by atoms with Crippen molar-refractivity contribution in [1.29, 1.82) is 0 Å². The second-order valence-corrected chi connectivity index (χ2v) is 12.3. The molecular weight excluding hydrogens is 620 g/mol. The lowest BCUT2D eigenvalue weighted by Crippen LogP contribution is -2.47. The van der Waals surface area contributed by atoms with Crippen molar-refractivity contribution in [3.63, 3.8) is 0 Å². The van der Waals surface area contributed by atoms with Crippen LogP contribution in [0.2, 0.25) is 0 Å². The molecule has 0 bridgehead atoms. The number of nitrogens with zero attached hydrogens (tertiary/aromatic N) is 1. The third-order valence-electron chi connectivity index (χ3n) is 9.04. The summed E-state index contributed by atoms with van der Waals surface area (Å²) in [6.07, 6.45) is 0.319. The molecule has 3 amide bonds. The largest absolute Gasteiger partial charge is 0.497 e. The molecule has 1 saturated heterocycles. The average molecular weight is 655 g/mol. The van der Waals surface area contributed by atoms with E-state index in [2.05, 4.69) is 10.6 Å². The van der Waals surface area contributed by atoms with Crippen LogP contribution in [0.4, 0.5) is 0 Å². The van der Waals surface area contributed by atoms with Gasteiger partial charge >= 0.3 is 20.2 Å². The smallest absolute Gasteiger partial charge is 0.491 e. The van der Waals surface area contributed by atoms with Crippen LogP contribution in [0.25, 0.3) is 0 Å². The number of aliphatic carboxylic acids is 1. The van der Waals surface area contributed by atoms with Crippen molar-refractivity contribution < 1.29 is 48.4 Å².